The van der Waals surface area contributed by atoms with Crippen LogP contribution >= 0.6 is 11.3 Å². The molecule has 4 atom stereocenters. The highest BCUT2D eigenvalue weighted by molar-refractivity contribution is 7.09. The van der Waals surface area contributed by atoms with Gasteiger partial charge >= 0.3 is 0 Å². The summed E-state index contributed by atoms with van der Waals surface area (Å²) in [6.07, 6.45) is 7.14. The second-order valence-corrected chi connectivity index (χ2v) is 6.30. The predicted octanol–water partition coefficient (Wildman–Crippen LogP) is 4.01. The van der Waals surface area contributed by atoms with Crippen molar-refractivity contribution in [3.63, 3.8) is 0 Å². The van der Waals surface area contributed by atoms with Gasteiger partial charge in [-0.25, -0.2) is 4.98 Å². The lowest BCUT2D eigenvalue weighted by molar-refractivity contribution is 0.192. The Labute approximate surface area is 109 Å². The average Bonchev–Trinajstić information content (AvgIpc) is 2.85. The number of hydrogen-bond donors (Lipinski definition) is 1. The Morgan fingerprint density at radius 1 is 1.47 bits per heavy atom. The van der Waals surface area contributed by atoms with Crippen molar-refractivity contribution in [3.05, 3.63) is 16.6 Å². The minimum absolute atomic E-state index is 0.452. The normalized spacial score (nSPS) is 31.4. The molecule has 2 rings (SSSR count). The monoisotopic (exact) mass is 252 g/mol. The molecule has 1 aliphatic carbocycles. The van der Waals surface area contributed by atoms with Gasteiger partial charge < -0.3 is 5.32 Å². The molecule has 0 bridgehead atoms. The van der Waals surface area contributed by atoms with Gasteiger partial charge in [-0.3, -0.25) is 0 Å². The van der Waals surface area contributed by atoms with Gasteiger partial charge in [0.05, 0.1) is 6.04 Å². The molecule has 1 N–H and O–H groups in total. The quantitative estimate of drug-likeness (QED) is 0.876. The molecule has 1 aromatic heterocycles. The Morgan fingerprint density at radius 2 is 2.29 bits per heavy atom. The molecule has 0 radical (unpaired) electrons. The number of aromatic nitrogens is 1. The van der Waals surface area contributed by atoms with Crippen LogP contribution in [0, 0.1) is 11.8 Å². The summed E-state index contributed by atoms with van der Waals surface area (Å²) in [5.41, 5.74) is 0. The molecule has 0 aromatic carbocycles. The van der Waals surface area contributed by atoms with E-state index in [1.165, 1.54) is 24.3 Å². The van der Waals surface area contributed by atoms with Crippen molar-refractivity contribution in [2.75, 3.05) is 0 Å². The minimum Gasteiger partial charge on any atom is -0.305 e. The van der Waals surface area contributed by atoms with Crippen molar-refractivity contribution < 1.29 is 0 Å². The first-order chi connectivity index (χ1) is 8.22. The van der Waals surface area contributed by atoms with Crippen LogP contribution in [-0.2, 0) is 0 Å². The zero-order chi connectivity index (χ0) is 12.3. The number of nitrogens with one attached hydrogen (secondary N) is 1. The first-order valence-corrected chi connectivity index (χ1v) is 7.75. The zero-order valence-electron chi connectivity index (χ0n) is 11.1. The lowest BCUT2D eigenvalue weighted by Crippen LogP contribution is -2.42. The SMILES string of the molecule is CCC(NC1CCCC(C)C1C)c1nccs1. The number of rotatable bonds is 4. The molecule has 17 heavy (non-hydrogen) atoms. The van der Waals surface area contributed by atoms with Gasteiger partial charge in [0.25, 0.3) is 0 Å². The summed E-state index contributed by atoms with van der Waals surface area (Å²) in [5.74, 6) is 1.65. The van der Waals surface area contributed by atoms with Gasteiger partial charge in [-0.1, -0.05) is 33.6 Å². The molecule has 2 nitrogen and oxygen atoms in total. The van der Waals surface area contributed by atoms with E-state index in [-0.39, 0.29) is 0 Å². The lowest BCUT2D eigenvalue weighted by atomic mass is 9.78. The van der Waals surface area contributed by atoms with Gasteiger partial charge in [-0.15, -0.1) is 11.3 Å². The molecule has 1 saturated carbocycles. The van der Waals surface area contributed by atoms with E-state index in [0.717, 1.165) is 18.3 Å². The predicted molar refractivity (Wildman–Crippen MR) is 74.2 cm³/mol. The van der Waals surface area contributed by atoms with Crippen LogP contribution in [0.3, 0.4) is 0 Å². The summed E-state index contributed by atoms with van der Waals surface area (Å²) in [6, 6.07) is 1.13. The van der Waals surface area contributed by atoms with Crippen LogP contribution in [0.2, 0.25) is 0 Å². The number of nitrogens with zero attached hydrogens (tertiary/aromatic N) is 1. The van der Waals surface area contributed by atoms with Crippen LogP contribution in [0.4, 0.5) is 0 Å². The molecule has 4 unspecified atom stereocenters. The summed E-state index contributed by atoms with van der Waals surface area (Å²) in [4.78, 5) is 4.45. The highest BCUT2D eigenvalue weighted by Crippen LogP contribution is 2.31. The van der Waals surface area contributed by atoms with Crippen molar-refractivity contribution >= 4 is 11.3 Å². The Bertz CT molecular complexity index is 323. The molecule has 0 saturated heterocycles. The molecular formula is C14H24N2S. The molecule has 0 spiro atoms. The topological polar surface area (TPSA) is 24.9 Å². The van der Waals surface area contributed by atoms with Gasteiger partial charge in [0.1, 0.15) is 5.01 Å². The molecule has 3 heteroatoms. The second-order valence-electron chi connectivity index (χ2n) is 5.37. The molecular weight excluding hydrogens is 228 g/mol. The molecule has 1 aromatic rings. The lowest BCUT2D eigenvalue weighted by Gasteiger charge is -2.36. The first kappa shape index (κ1) is 13.0. The fourth-order valence-electron chi connectivity index (χ4n) is 2.85. The molecule has 96 valence electrons. The van der Waals surface area contributed by atoms with E-state index >= 15 is 0 Å². The Balaban J connectivity index is 1.98. The molecule has 0 aliphatic heterocycles. The smallest absolute Gasteiger partial charge is 0.109 e. The molecule has 1 aliphatic rings. The first-order valence-electron chi connectivity index (χ1n) is 6.87. The highest BCUT2D eigenvalue weighted by atomic mass is 32.1. The molecule has 1 heterocycles. The largest absolute Gasteiger partial charge is 0.305 e. The highest BCUT2D eigenvalue weighted by Gasteiger charge is 2.28. The van der Waals surface area contributed by atoms with E-state index in [1.807, 2.05) is 6.20 Å². The summed E-state index contributed by atoms with van der Waals surface area (Å²) in [5, 5.41) is 7.16. The second kappa shape index (κ2) is 5.96. The molecule has 0 amide bonds. The van der Waals surface area contributed by atoms with Crippen molar-refractivity contribution in [2.45, 2.75) is 58.5 Å². The minimum atomic E-state index is 0.452. The van der Waals surface area contributed by atoms with E-state index < -0.39 is 0 Å². The van der Waals surface area contributed by atoms with E-state index in [1.54, 1.807) is 11.3 Å². The van der Waals surface area contributed by atoms with Crippen LogP contribution in [0.25, 0.3) is 0 Å². The van der Waals surface area contributed by atoms with Crippen molar-refractivity contribution in [2.24, 2.45) is 11.8 Å². The van der Waals surface area contributed by atoms with Crippen LogP contribution in [0.5, 0.6) is 0 Å². The van der Waals surface area contributed by atoms with E-state index in [2.05, 4.69) is 36.5 Å². The summed E-state index contributed by atoms with van der Waals surface area (Å²) in [6.45, 7) is 7.04. The fraction of sp³-hybridized carbons (Fsp3) is 0.786. The van der Waals surface area contributed by atoms with Crippen LogP contribution in [0.15, 0.2) is 11.6 Å². The van der Waals surface area contributed by atoms with Crippen LogP contribution < -0.4 is 5.32 Å². The van der Waals surface area contributed by atoms with Crippen LogP contribution in [-0.4, -0.2) is 11.0 Å². The maximum atomic E-state index is 4.45. The van der Waals surface area contributed by atoms with Crippen molar-refractivity contribution in [1.29, 1.82) is 0 Å². The maximum Gasteiger partial charge on any atom is 0.109 e. The Morgan fingerprint density at radius 3 is 2.94 bits per heavy atom. The standard InChI is InChI=1S/C14H24N2S/c1-4-12(14-15-8-9-17-14)16-13-7-5-6-10(2)11(13)3/h8-13,16H,4-7H2,1-3H3. The molecule has 1 fully saturated rings. The number of hydrogen-bond acceptors (Lipinski definition) is 3. The van der Waals surface area contributed by atoms with E-state index in [0.29, 0.717) is 12.1 Å². The van der Waals surface area contributed by atoms with Crippen molar-refractivity contribution in [1.82, 2.24) is 10.3 Å². The van der Waals surface area contributed by atoms with Gasteiger partial charge in [0, 0.05) is 17.6 Å². The van der Waals surface area contributed by atoms with E-state index in [9.17, 15) is 0 Å². The third kappa shape index (κ3) is 3.08. The average molecular weight is 252 g/mol. The maximum absolute atomic E-state index is 4.45. The van der Waals surface area contributed by atoms with Crippen LogP contribution in [0.1, 0.15) is 57.5 Å². The van der Waals surface area contributed by atoms with Gasteiger partial charge in [0.15, 0.2) is 0 Å². The number of thiazole rings is 1. The van der Waals surface area contributed by atoms with Gasteiger partial charge in [-0.2, -0.15) is 0 Å². The van der Waals surface area contributed by atoms with E-state index in [4.69, 9.17) is 0 Å². The van der Waals surface area contributed by atoms with Gasteiger partial charge in [-0.05, 0) is 24.7 Å². The summed E-state index contributed by atoms with van der Waals surface area (Å²) >= 11 is 1.77. The van der Waals surface area contributed by atoms with Crippen molar-refractivity contribution in [3.8, 4) is 0 Å². The summed E-state index contributed by atoms with van der Waals surface area (Å²) < 4.78 is 0. The third-order valence-electron chi connectivity index (χ3n) is 4.28. The van der Waals surface area contributed by atoms with Gasteiger partial charge in [0.2, 0.25) is 0 Å². The summed E-state index contributed by atoms with van der Waals surface area (Å²) in [7, 11) is 0. The Hall–Kier alpha value is -0.410. The Kier molecular flexibility index (Phi) is 4.57. The fourth-order valence-corrected chi connectivity index (χ4v) is 3.63. The zero-order valence-corrected chi connectivity index (χ0v) is 12.0. The third-order valence-corrected chi connectivity index (χ3v) is 5.17.